The van der Waals surface area contributed by atoms with Gasteiger partial charge < -0.3 is 5.32 Å². The summed E-state index contributed by atoms with van der Waals surface area (Å²) in [5.74, 6) is -0.333. The highest BCUT2D eigenvalue weighted by atomic mass is 16.2. The minimum absolute atomic E-state index is 0.133. The van der Waals surface area contributed by atoms with Crippen molar-refractivity contribution in [3.8, 4) is 0 Å². The zero-order chi connectivity index (χ0) is 14.8. The van der Waals surface area contributed by atoms with Crippen molar-refractivity contribution in [2.75, 3.05) is 10.2 Å². The van der Waals surface area contributed by atoms with Gasteiger partial charge in [-0.3, -0.25) is 19.5 Å². The number of fused-ring (bicyclic) bond motifs is 1. The molecule has 2 heterocycles. The summed E-state index contributed by atoms with van der Waals surface area (Å²) in [6, 6.07) is 10.6. The molecule has 3 rings (SSSR count). The first kappa shape index (κ1) is 13.3. The Kier molecular flexibility index (Phi) is 3.39. The van der Waals surface area contributed by atoms with Crippen LogP contribution in [0.1, 0.15) is 12.5 Å². The zero-order valence-electron chi connectivity index (χ0n) is 11.6. The van der Waals surface area contributed by atoms with E-state index in [1.54, 1.807) is 29.4 Å². The minimum Gasteiger partial charge on any atom is -0.323 e. The highest BCUT2D eigenvalue weighted by Gasteiger charge is 2.36. The lowest BCUT2D eigenvalue weighted by molar-refractivity contribution is -0.122. The summed E-state index contributed by atoms with van der Waals surface area (Å²) in [6.07, 6.45) is 3.75. The number of amides is 2. The molecular weight excluding hydrogens is 266 g/mol. The topological polar surface area (TPSA) is 62.3 Å². The number of carbonyl (C=O) groups excluding carboxylic acids is 2. The molecule has 1 aliphatic rings. The van der Waals surface area contributed by atoms with E-state index < -0.39 is 6.04 Å². The first-order valence-electron chi connectivity index (χ1n) is 6.75. The maximum absolute atomic E-state index is 12.5. The number of para-hydroxylation sites is 1. The Labute approximate surface area is 122 Å². The first-order chi connectivity index (χ1) is 10.2. The predicted molar refractivity (Wildman–Crippen MR) is 80.0 cm³/mol. The second-order valence-corrected chi connectivity index (χ2v) is 4.97. The van der Waals surface area contributed by atoms with E-state index in [9.17, 15) is 9.59 Å². The average molecular weight is 281 g/mol. The lowest BCUT2D eigenvalue weighted by Gasteiger charge is -2.23. The molecule has 106 valence electrons. The molecule has 0 saturated carbocycles. The smallest absolute Gasteiger partial charge is 0.247 e. The van der Waals surface area contributed by atoms with Crippen molar-refractivity contribution < 1.29 is 9.59 Å². The van der Waals surface area contributed by atoms with E-state index in [1.807, 2.05) is 24.3 Å². The van der Waals surface area contributed by atoms with Crippen LogP contribution in [0.2, 0.25) is 0 Å². The van der Waals surface area contributed by atoms with Crippen molar-refractivity contribution in [2.24, 2.45) is 0 Å². The summed E-state index contributed by atoms with van der Waals surface area (Å²) in [7, 11) is 0. The van der Waals surface area contributed by atoms with Gasteiger partial charge in [0.15, 0.2) is 0 Å². The van der Waals surface area contributed by atoms with Crippen LogP contribution in [0, 0.1) is 0 Å². The Morgan fingerprint density at radius 1 is 1.24 bits per heavy atom. The molecule has 0 spiro atoms. The highest BCUT2D eigenvalue weighted by molar-refractivity contribution is 6.06. The molecular formula is C16H15N3O2. The van der Waals surface area contributed by atoms with E-state index in [2.05, 4.69) is 10.3 Å². The molecule has 2 aromatic rings. The van der Waals surface area contributed by atoms with E-state index >= 15 is 0 Å². The van der Waals surface area contributed by atoms with Crippen LogP contribution in [0.25, 0.3) is 0 Å². The number of anilines is 2. The summed E-state index contributed by atoms with van der Waals surface area (Å²) in [5.41, 5.74) is 2.46. The molecule has 1 atom stereocenters. The molecule has 1 aliphatic heterocycles. The fourth-order valence-corrected chi connectivity index (χ4v) is 2.65. The third kappa shape index (κ3) is 2.50. The Morgan fingerprint density at radius 2 is 2.05 bits per heavy atom. The Morgan fingerprint density at radius 3 is 2.76 bits per heavy atom. The molecule has 2 amide bonds. The van der Waals surface area contributed by atoms with Crippen LogP contribution in [-0.2, 0) is 16.0 Å². The lowest BCUT2D eigenvalue weighted by atomic mass is 10.1. The third-order valence-corrected chi connectivity index (χ3v) is 3.55. The number of hydrogen-bond acceptors (Lipinski definition) is 3. The maximum atomic E-state index is 12.5. The van der Waals surface area contributed by atoms with Gasteiger partial charge in [-0.2, -0.15) is 0 Å². The van der Waals surface area contributed by atoms with E-state index in [1.165, 1.54) is 6.92 Å². The molecule has 0 fully saturated rings. The molecule has 21 heavy (non-hydrogen) atoms. The van der Waals surface area contributed by atoms with Gasteiger partial charge in [-0.15, -0.1) is 0 Å². The van der Waals surface area contributed by atoms with Crippen molar-refractivity contribution >= 4 is 23.2 Å². The quantitative estimate of drug-likeness (QED) is 0.915. The number of carbonyl (C=O) groups is 2. The Balaban J connectivity index is 1.85. The molecule has 5 heteroatoms. The number of aromatic nitrogens is 1. The SMILES string of the molecule is CC(=O)N1c2ccccc2C[C@H]1C(=O)Nc1cccnc1. The van der Waals surface area contributed by atoms with Crippen molar-refractivity contribution in [2.45, 2.75) is 19.4 Å². The fourth-order valence-electron chi connectivity index (χ4n) is 2.65. The molecule has 5 nitrogen and oxygen atoms in total. The molecule has 0 unspecified atom stereocenters. The van der Waals surface area contributed by atoms with Crippen LogP contribution < -0.4 is 10.2 Å². The standard InChI is InChI=1S/C16H15N3O2/c1-11(20)19-14-7-3-2-5-12(14)9-15(19)16(21)18-13-6-4-8-17-10-13/h2-8,10,15H,9H2,1H3,(H,18,21)/t15-/m0/s1. The maximum Gasteiger partial charge on any atom is 0.247 e. The van der Waals surface area contributed by atoms with Gasteiger partial charge in [0, 0.05) is 25.2 Å². The number of nitrogens with one attached hydrogen (secondary N) is 1. The van der Waals surface area contributed by atoms with Gasteiger partial charge in [-0.1, -0.05) is 18.2 Å². The van der Waals surface area contributed by atoms with Crippen LogP contribution in [0.3, 0.4) is 0 Å². The largest absolute Gasteiger partial charge is 0.323 e. The summed E-state index contributed by atoms with van der Waals surface area (Å²) < 4.78 is 0. The number of rotatable bonds is 2. The summed E-state index contributed by atoms with van der Waals surface area (Å²) in [6.45, 7) is 1.48. The summed E-state index contributed by atoms with van der Waals surface area (Å²) in [5, 5.41) is 2.81. The molecule has 1 aromatic carbocycles. The third-order valence-electron chi connectivity index (χ3n) is 3.55. The van der Waals surface area contributed by atoms with E-state index in [-0.39, 0.29) is 11.8 Å². The Hall–Kier alpha value is -2.69. The van der Waals surface area contributed by atoms with Crippen LogP contribution >= 0.6 is 0 Å². The van der Waals surface area contributed by atoms with Crippen molar-refractivity contribution in [1.29, 1.82) is 0 Å². The lowest BCUT2D eigenvalue weighted by Crippen LogP contribution is -2.44. The molecule has 1 aromatic heterocycles. The monoisotopic (exact) mass is 281 g/mol. The van der Waals surface area contributed by atoms with Crippen LogP contribution in [0.15, 0.2) is 48.8 Å². The van der Waals surface area contributed by atoms with Crippen LogP contribution in [-0.4, -0.2) is 22.8 Å². The number of benzene rings is 1. The molecule has 0 aliphatic carbocycles. The van der Waals surface area contributed by atoms with E-state index in [0.29, 0.717) is 12.1 Å². The van der Waals surface area contributed by atoms with Crippen molar-refractivity contribution in [1.82, 2.24) is 4.98 Å². The van der Waals surface area contributed by atoms with Crippen LogP contribution in [0.5, 0.6) is 0 Å². The van der Waals surface area contributed by atoms with Gasteiger partial charge >= 0.3 is 0 Å². The molecule has 0 radical (unpaired) electrons. The van der Waals surface area contributed by atoms with Crippen molar-refractivity contribution in [3.63, 3.8) is 0 Å². The number of pyridine rings is 1. The second-order valence-electron chi connectivity index (χ2n) is 4.97. The molecule has 0 saturated heterocycles. The highest BCUT2D eigenvalue weighted by Crippen LogP contribution is 2.32. The van der Waals surface area contributed by atoms with Gasteiger partial charge in [0.05, 0.1) is 11.9 Å². The average Bonchev–Trinajstić information content (AvgIpc) is 2.88. The van der Waals surface area contributed by atoms with E-state index in [4.69, 9.17) is 0 Å². The van der Waals surface area contributed by atoms with Gasteiger partial charge in [-0.25, -0.2) is 0 Å². The summed E-state index contributed by atoms with van der Waals surface area (Å²) in [4.78, 5) is 29.9. The van der Waals surface area contributed by atoms with Gasteiger partial charge in [0.2, 0.25) is 11.8 Å². The zero-order valence-corrected chi connectivity index (χ0v) is 11.6. The number of hydrogen-bond donors (Lipinski definition) is 1. The summed E-state index contributed by atoms with van der Waals surface area (Å²) >= 11 is 0. The minimum atomic E-state index is -0.514. The van der Waals surface area contributed by atoms with Gasteiger partial charge in [-0.05, 0) is 23.8 Å². The van der Waals surface area contributed by atoms with Gasteiger partial charge in [0.25, 0.3) is 0 Å². The second kappa shape index (κ2) is 5.36. The Bertz CT molecular complexity index is 685. The van der Waals surface area contributed by atoms with Crippen molar-refractivity contribution in [3.05, 3.63) is 54.4 Å². The fraction of sp³-hybridized carbons (Fsp3) is 0.188. The number of nitrogens with zero attached hydrogens (tertiary/aromatic N) is 2. The van der Waals surface area contributed by atoms with Gasteiger partial charge in [0.1, 0.15) is 6.04 Å². The molecule has 0 bridgehead atoms. The van der Waals surface area contributed by atoms with E-state index in [0.717, 1.165) is 11.3 Å². The predicted octanol–water partition coefficient (Wildman–Crippen LogP) is 2.00. The molecule has 1 N–H and O–H groups in total. The first-order valence-corrected chi connectivity index (χ1v) is 6.75. The van der Waals surface area contributed by atoms with Crippen LogP contribution in [0.4, 0.5) is 11.4 Å². The normalized spacial score (nSPS) is 16.4.